The predicted octanol–water partition coefficient (Wildman–Crippen LogP) is 3.88. The van der Waals surface area contributed by atoms with Gasteiger partial charge in [0.15, 0.2) is 0 Å². The van der Waals surface area contributed by atoms with Crippen molar-refractivity contribution in [2.75, 3.05) is 6.61 Å². The molecule has 1 N–H and O–H groups in total. The summed E-state index contributed by atoms with van der Waals surface area (Å²) in [7, 11) is 0. The molecule has 0 aliphatic heterocycles. The minimum Gasteiger partial charge on any atom is -0.494 e. The summed E-state index contributed by atoms with van der Waals surface area (Å²) in [5, 5.41) is 7.72. The topological polar surface area (TPSA) is 47.3 Å². The number of aryl methyl sites for hydroxylation is 1. The fourth-order valence-electron chi connectivity index (χ4n) is 3.44. The van der Waals surface area contributed by atoms with Crippen LogP contribution >= 0.6 is 0 Å². The van der Waals surface area contributed by atoms with E-state index in [1.54, 1.807) is 0 Å². The minimum atomic E-state index is 0.562. The summed E-state index contributed by atoms with van der Waals surface area (Å²) in [6.45, 7) is 5.60. The van der Waals surface area contributed by atoms with E-state index in [4.69, 9.17) is 9.26 Å². The molecule has 23 heavy (non-hydrogen) atoms. The molecule has 1 fully saturated rings. The third-order valence-corrected chi connectivity index (χ3v) is 4.60. The molecule has 3 rings (SSSR count). The van der Waals surface area contributed by atoms with Crippen molar-refractivity contribution in [3.05, 3.63) is 47.3 Å². The van der Waals surface area contributed by atoms with E-state index < -0.39 is 0 Å². The number of nitrogens with zero attached hydrogens (tertiary/aromatic N) is 1. The van der Waals surface area contributed by atoms with Crippen molar-refractivity contribution in [1.29, 1.82) is 0 Å². The van der Waals surface area contributed by atoms with E-state index in [1.807, 2.05) is 26.0 Å². The molecule has 1 aliphatic carbocycles. The molecule has 0 amide bonds. The number of rotatable bonds is 7. The molecule has 1 saturated carbocycles. The van der Waals surface area contributed by atoms with Crippen LogP contribution in [-0.2, 0) is 13.0 Å². The van der Waals surface area contributed by atoms with Crippen LogP contribution in [0.4, 0.5) is 0 Å². The van der Waals surface area contributed by atoms with Crippen LogP contribution < -0.4 is 10.1 Å². The van der Waals surface area contributed by atoms with Crippen LogP contribution in [0.5, 0.6) is 5.75 Å². The van der Waals surface area contributed by atoms with E-state index in [1.165, 1.54) is 24.8 Å². The average Bonchev–Trinajstić information content (AvgIpc) is 3.16. The molecule has 4 heteroatoms. The molecule has 1 heterocycles. The number of hydrogen-bond donors (Lipinski definition) is 1. The minimum absolute atomic E-state index is 0.562. The lowest BCUT2D eigenvalue weighted by atomic mass is 9.97. The lowest BCUT2D eigenvalue weighted by Crippen LogP contribution is -2.32. The summed E-state index contributed by atoms with van der Waals surface area (Å²) in [5.41, 5.74) is 2.27. The van der Waals surface area contributed by atoms with Crippen molar-refractivity contribution in [2.45, 2.75) is 52.1 Å². The van der Waals surface area contributed by atoms with Crippen LogP contribution in [0, 0.1) is 12.8 Å². The largest absolute Gasteiger partial charge is 0.494 e. The van der Waals surface area contributed by atoms with E-state index in [2.05, 4.69) is 28.7 Å². The smallest absolute Gasteiger partial charge is 0.137 e. The van der Waals surface area contributed by atoms with Gasteiger partial charge in [0.05, 0.1) is 12.3 Å². The zero-order chi connectivity index (χ0) is 16.1. The van der Waals surface area contributed by atoms with Crippen molar-refractivity contribution in [1.82, 2.24) is 10.5 Å². The second-order valence-electron chi connectivity index (χ2n) is 6.39. The van der Waals surface area contributed by atoms with E-state index in [9.17, 15) is 0 Å². The number of benzene rings is 1. The highest BCUT2D eigenvalue weighted by atomic mass is 16.5. The van der Waals surface area contributed by atoms with Crippen LogP contribution in [-0.4, -0.2) is 17.8 Å². The van der Waals surface area contributed by atoms with Gasteiger partial charge in [-0.1, -0.05) is 23.7 Å². The normalized spacial score (nSPS) is 20.8. The Morgan fingerprint density at radius 1 is 1.26 bits per heavy atom. The third-order valence-electron chi connectivity index (χ3n) is 4.60. The Morgan fingerprint density at radius 3 is 2.78 bits per heavy atom. The summed E-state index contributed by atoms with van der Waals surface area (Å²) >= 11 is 0. The molecule has 1 aromatic heterocycles. The van der Waals surface area contributed by atoms with Crippen LogP contribution in [0.25, 0.3) is 0 Å². The molecule has 2 atom stereocenters. The molecule has 1 aromatic carbocycles. The first-order valence-corrected chi connectivity index (χ1v) is 8.62. The molecule has 2 aromatic rings. The van der Waals surface area contributed by atoms with E-state index in [0.717, 1.165) is 30.2 Å². The quantitative estimate of drug-likeness (QED) is 0.842. The summed E-state index contributed by atoms with van der Waals surface area (Å²) in [5.74, 6) is 2.60. The summed E-state index contributed by atoms with van der Waals surface area (Å²) in [4.78, 5) is 0. The zero-order valence-corrected chi connectivity index (χ0v) is 14.0. The number of hydrogen-bond acceptors (Lipinski definition) is 4. The Balaban J connectivity index is 1.52. The third kappa shape index (κ3) is 4.35. The maximum absolute atomic E-state index is 5.49. The molecule has 124 valence electrons. The Bertz CT molecular complexity index is 606. The lowest BCUT2D eigenvalue weighted by molar-refractivity contribution is 0.329. The van der Waals surface area contributed by atoms with Gasteiger partial charge in [0.25, 0.3) is 0 Å². The van der Waals surface area contributed by atoms with Crippen molar-refractivity contribution >= 4 is 0 Å². The Morgan fingerprint density at radius 2 is 2.09 bits per heavy atom. The fourth-order valence-corrected chi connectivity index (χ4v) is 3.44. The average molecular weight is 314 g/mol. The number of nitrogens with one attached hydrogen (secondary N) is 1. The van der Waals surface area contributed by atoms with Crippen LogP contribution in [0.1, 0.15) is 43.2 Å². The van der Waals surface area contributed by atoms with Crippen molar-refractivity contribution in [3.8, 4) is 5.75 Å². The molecular weight excluding hydrogens is 288 g/mol. The molecule has 0 bridgehead atoms. The first-order valence-electron chi connectivity index (χ1n) is 8.62. The standard InChI is InChI=1S/C19H26N2O2/c1-3-22-17-9-7-15(8-10-17)13-20-19-6-4-5-16(19)12-18-11-14(2)21-23-18/h7-11,16,19-20H,3-6,12-13H2,1-2H3/t16-,19+/m0/s1. The Hall–Kier alpha value is -1.81. The maximum atomic E-state index is 5.49. The number of ether oxygens (including phenoxy) is 1. The highest BCUT2D eigenvalue weighted by Crippen LogP contribution is 2.29. The fraction of sp³-hybridized carbons (Fsp3) is 0.526. The second kappa shape index (κ2) is 7.64. The molecule has 0 radical (unpaired) electrons. The lowest BCUT2D eigenvalue weighted by Gasteiger charge is -2.20. The van der Waals surface area contributed by atoms with Gasteiger partial charge >= 0.3 is 0 Å². The molecule has 0 spiro atoms. The van der Waals surface area contributed by atoms with Gasteiger partial charge < -0.3 is 14.6 Å². The van der Waals surface area contributed by atoms with Crippen LogP contribution in [0.2, 0.25) is 0 Å². The predicted molar refractivity (Wildman–Crippen MR) is 90.5 cm³/mol. The second-order valence-corrected chi connectivity index (χ2v) is 6.39. The van der Waals surface area contributed by atoms with Gasteiger partial charge in [-0.2, -0.15) is 0 Å². The SMILES string of the molecule is CCOc1ccc(CN[C@@H]2CCC[C@H]2Cc2cc(C)no2)cc1. The first kappa shape index (κ1) is 16.1. The highest BCUT2D eigenvalue weighted by Gasteiger charge is 2.28. The van der Waals surface area contributed by atoms with Gasteiger partial charge in [0.2, 0.25) is 0 Å². The van der Waals surface area contributed by atoms with E-state index in [-0.39, 0.29) is 0 Å². The summed E-state index contributed by atoms with van der Waals surface area (Å²) < 4.78 is 10.9. The molecule has 1 aliphatic rings. The molecule has 0 saturated heterocycles. The number of aromatic nitrogens is 1. The van der Waals surface area contributed by atoms with Gasteiger partial charge in [-0.15, -0.1) is 0 Å². The summed E-state index contributed by atoms with van der Waals surface area (Å²) in [6.07, 6.45) is 4.79. The van der Waals surface area contributed by atoms with Gasteiger partial charge in [0.1, 0.15) is 11.5 Å². The molecular formula is C19H26N2O2. The van der Waals surface area contributed by atoms with Crippen molar-refractivity contribution in [3.63, 3.8) is 0 Å². The first-order chi connectivity index (χ1) is 11.2. The van der Waals surface area contributed by atoms with Crippen molar-refractivity contribution < 1.29 is 9.26 Å². The maximum Gasteiger partial charge on any atom is 0.137 e. The van der Waals surface area contributed by atoms with E-state index >= 15 is 0 Å². The van der Waals surface area contributed by atoms with Gasteiger partial charge in [-0.3, -0.25) is 0 Å². The van der Waals surface area contributed by atoms with Gasteiger partial charge in [0, 0.05) is 25.1 Å². The molecule has 0 unspecified atom stereocenters. The van der Waals surface area contributed by atoms with Crippen molar-refractivity contribution in [2.24, 2.45) is 5.92 Å². The molecule has 4 nitrogen and oxygen atoms in total. The van der Waals surface area contributed by atoms with E-state index in [0.29, 0.717) is 18.6 Å². The monoisotopic (exact) mass is 314 g/mol. The summed E-state index contributed by atoms with van der Waals surface area (Å²) in [6, 6.07) is 11.0. The Labute approximate surface area is 138 Å². The van der Waals surface area contributed by atoms with Gasteiger partial charge in [-0.25, -0.2) is 0 Å². The van der Waals surface area contributed by atoms with Gasteiger partial charge in [-0.05, 0) is 50.3 Å². The Kier molecular flexibility index (Phi) is 5.34. The highest BCUT2D eigenvalue weighted by molar-refractivity contribution is 5.27. The van der Waals surface area contributed by atoms with Crippen LogP contribution in [0.3, 0.4) is 0 Å². The zero-order valence-electron chi connectivity index (χ0n) is 14.0. The van der Waals surface area contributed by atoms with Crippen LogP contribution in [0.15, 0.2) is 34.9 Å².